The van der Waals surface area contributed by atoms with Gasteiger partial charge in [-0.3, -0.25) is 14.1 Å². The standard InChI is InChI=1S/C29H29N7O2/c1-2-38-28(37)34-12-7-24(8-13-34)36-19-22(16-33-36)21-15-31-27-32-17-26(35(27)18-21)29(9-10-29)23-5-6-25-20(14-23)4-3-11-30-25/h3-6,11,14-19,24H,2,7-10,12-13H2,1H3. The van der Waals surface area contributed by atoms with Crippen LogP contribution in [0.2, 0.25) is 0 Å². The van der Waals surface area contributed by atoms with E-state index in [0.717, 1.165) is 47.7 Å². The van der Waals surface area contributed by atoms with Gasteiger partial charge in [0.2, 0.25) is 5.78 Å². The van der Waals surface area contributed by atoms with Crippen LogP contribution in [-0.4, -0.2) is 59.8 Å². The molecule has 38 heavy (non-hydrogen) atoms. The second-order valence-electron chi connectivity index (χ2n) is 10.3. The molecule has 1 aromatic carbocycles. The Kier molecular flexibility index (Phi) is 5.38. The molecule has 1 aliphatic heterocycles. The first-order valence-electron chi connectivity index (χ1n) is 13.3. The number of benzene rings is 1. The van der Waals surface area contributed by atoms with Crippen molar-refractivity contribution in [2.24, 2.45) is 0 Å². The van der Waals surface area contributed by atoms with Gasteiger partial charge in [0.05, 0.1) is 36.3 Å². The number of piperidine rings is 1. The van der Waals surface area contributed by atoms with E-state index in [4.69, 9.17) is 4.74 Å². The summed E-state index contributed by atoms with van der Waals surface area (Å²) in [5, 5.41) is 5.83. The van der Waals surface area contributed by atoms with Crippen molar-refractivity contribution in [1.82, 2.24) is 34.0 Å². The molecule has 0 bridgehead atoms. The SMILES string of the molecule is CCOC(=O)N1CCC(n2cc(-c3cnc4ncc(C5(c6ccc7ncccc7c6)CC5)n4c3)cn2)CC1. The van der Waals surface area contributed by atoms with E-state index in [1.165, 1.54) is 11.3 Å². The van der Waals surface area contributed by atoms with Crippen LogP contribution in [0.15, 0.2) is 67.5 Å². The van der Waals surface area contributed by atoms with Gasteiger partial charge in [-0.25, -0.2) is 14.8 Å². The number of nitrogens with zero attached hydrogens (tertiary/aromatic N) is 7. The van der Waals surface area contributed by atoms with E-state index >= 15 is 0 Å². The molecular weight excluding hydrogens is 478 g/mol. The Labute approximate surface area is 220 Å². The van der Waals surface area contributed by atoms with Crippen LogP contribution in [0.1, 0.15) is 49.9 Å². The number of carbonyl (C=O) groups is 1. The fourth-order valence-electron chi connectivity index (χ4n) is 5.78. The van der Waals surface area contributed by atoms with Gasteiger partial charge < -0.3 is 9.64 Å². The van der Waals surface area contributed by atoms with Gasteiger partial charge in [0.15, 0.2) is 0 Å². The molecule has 192 valence electrons. The molecular formula is C29H29N7O2. The number of aromatic nitrogens is 6. The molecule has 1 amide bonds. The Morgan fingerprint density at radius 3 is 2.66 bits per heavy atom. The van der Waals surface area contributed by atoms with Crippen molar-refractivity contribution in [2.45, 2.75) is 44.1 Å². The molecule has 1 saturated carbocycles. The zero-order chi connectivity index (χ0) is 25.7. The van der Waals surface area contributed by atoms with Gasteiger partial charge in [-0.2, -0.15) is 5.10 Å². The van der Waals surface area contributed by atoms with Crippen LogP contribution in [0.4, 0.5) is 4.79 Å². The number of amides is 1. The molecule has 1 aliphatic carbocycles. The number of imidazole rings is 1. The first-order valence-corrected chi connectivity index (χ1v) is 13.3. The quantitative estimate of drug-likeness (QED) is 0.332. The molecule has 0 unspecified atom stereocenters. The first kappa shape index (κ1) is 22.9. The van der Waals surface area contributed by atoms with Crippen LogP contribution in [0, 0.1) is 0 Å². The summed E-state index contributed by atoms with van der Waals surface area (Å²) in [5.41, 5.74) is 5.45. The van der Waals surface area contributed by atoms with E-state index in [9.17, 15) is 4.79 Å². The van der Waals surface area contributed by atoms with Crippen LogP contribution in [0.25, 0.3) is 27.8 Å². The lowest BCUT2D eigenvalue weighted by molar-refractivity contribution is 0.0916. The minimum absolute atomic E-state index is 0.0547. The summed E-state index contributed by atoms with van der Waals surface area (Å²) in [4.78, 5) is 27.6. The fourth-order valence-corrected chi connectivity index (χ4v) is 5.78. The van der Waals surface area contributed by atoms with Crippen LogP contribution in [0.5, 0.6) is 0 Å². The summed E-state index contributed by atoms with van der Waals surface area (Å²) >= 11 is 0. The molecule has 2 fully saturated rings. The number of carbonyl (C=O) groups excluding carboxylic acids is 1. The molecule has 9 nitrogen and oxygen atoms in total. The van der Waals surface area contributed by atoms with Crippen molar-refractivity contribution < 1.29 is 9.53 Å². The third kappa shape index (κ3) is 3.81. The van der Waals surface area contributed by atoms with E-state index in [1.54, 1.807) is 4.90 Å². The number of rotatable bonds is 5. The van der Waals surface area contributed by atoms with Crippen LogP contribution in [-0.2, 0) is 10.2 Å². The van der Waals surface area contributed by atoms with Gasteiger partial charge in [0, 0.05) is 59.8 Å². The number of ether oxygens (including phenoxy) is 1. The molecule has 9 heteroatoms. The van der Waals surface area contributed by atoms with Gasteiger partial charge in [-0.1, -0.05) is 12.1 Å². The summed E-state index contributed by atoms with van der Waals surface area (Å²) in [6.07, 6.45) is 15.5. The maximum atomic E-state index is 12.0. The normalized spacial score (nSPS) is 17.2. The Bertz CT molecular complexity index is 1640. The lowest BCUT2D eigenvalue weighted by Gasteiger charge is -2.31. The van der Waals surface area contributed by atoms with E-state index in [-0.39, 0.29) is 17.6 Å². The average Bonchev–Trinajstić information content (AvgIpc) is 3.40. The zero-order valence-corrected chi connectivity index (χ0v) is 21.3. The van der Waals surface area contributed by atoms with E-state index in [2.05, 4.69) is 61.1 Å². The molecule has 0 radical (unpaired) electrons. The summed E-state index contributed by atoms with van der Waals surface area (Å²) in [6.45, 7) is 3.59. The molecule has 5 aromatic rings. The number of hydrogen-bond acceptors (Lipinski definition) is 6. The predicted octanol–water partition coefficient (Wildman–Crippen LogP) is 5.01. The van der Waals surface area contributed by atoms with Crippen LogP contribution in [0.3, 0.4) is 0 Å². The molecule has 4 aromatic heterocycles. The second kappa shape index (κ2) is 8.93. The summed E-state index contributed by atoms with van der Waals surface area (Å²) < 4.78 is 9.32. The highest BCUT2D eigenvalue weighted by molar-refractivity contribution is 5.79. The van der Waals surface area contributed by atoms with E-state index < -0.39 is 0 Å². The zero-order valence-electron chi connectivity index (χ0n) is 21.3. The molecule has 0 N–H and O–H groups in total. The smallest absolute Gasteiger partial charge is 0.409 e. The Morgan fingerprint density at radius 2 is 1.84 bits per heavy atom. The Balaban J connectivity index is 1.16. The van der Waals surface area contributed by atoms with Crippen LogP contribution < -0.4 is 0 Å². The van der Waals surface area contributed by atoms with Crippen molar-refractivity contribution in [3.8, 4) is 11.1 Å². The second-order valence-corrected chi connectivity index (χ2v) is 10.3. The number of hydrogen-bond donors (Lipinski definition) is 0. The molecule has 0 atom stereocenters. The summed E-state index contributed by atoms with van der Waals surface area (Å²) in [7, 11) is 0. The highest BCUT2D eigenvalue weighted by atomic mass is 16.6. The topological polar surface area (TPSA) is 90.4 Å². The van der Waals surface area contributed by atoms with Gasteiger partial charge in [0.25, 0.3) is 0 Å². The molecule has 0 spiro atoms. The van der Waals surface area contributed by atoms with Crippen molar-refractivity contribution in [3.05, 3.63) is 78.8 Å². The third-order valence-electron chi connectivity index (χ3n) is 8.06. The van der Waals surface area contributed by atoms with Crippen molar-refractivity contribution in [3.63, 3.8) is 0 Å². The number of likely N-dealkylation sites (tertiary alicyclic amines) is 1. The average molecular weight is 508 g/mol. The van der Waals surface area contributed by atoms with E-state index in [0.29, 0.717) is 25.5 Å². The molecule has 2 aliphatic rings. The summed E-state index contributed by atoms with van der Waals surface area (Å²) in [6, 6.07) is 10.9. The largest absolute Gasteiger partial charge is 0.450 e. The maximum absolute atomic E-state index is 12.0. The minimum atomic E-state index is -0.226. The minimum Gasteiger partial charge on any atom is -0.450 e. The molecule has 1 saturated heterocycles. The first-order chi connectivity index (χ1) is 18.6. The lowest BCUT2D eigenvalue weighted by Crippen LogP contribution is -2.39. The lowest BCUT2D eigenvalue weighted by atomic mass is 9.91. The van der Waals surface area contributed by atoms with Gasteiger partial charge in [0.1, 0.15) is 0 Å². The van der Waals surface area contributed by atoms with Crippen molar-refractivity contribution >= 4 is 22.8 Å². The highest BCUT2D eigenvalue weighted by Gasteiger charge is 2.48. The van der Waals surface area contributed by atoms with Gasteiger partial charge in [-0.05, 0) is 56.4 Å². The highest BCUT2D eigenvalue weighted by Crippen LogP contribution is 2.53. The fraction of sp³-hybridized carbons (Fsp3) is 0.345. The van der Waals surface area contributed by atoms with Gasteiger partial charge in [-0.15, -0.1) is 0 Å². The maximum Gasteiger partial charge on any atom is 0.409 e. The predicted molar refractivity (Wildman–Crippen MR) is 143 cm³/mol. The molecule has 5 heterocycles. The van der Waals surface area contributed by atoms with Crippen molar-refractivity contribution in [1.29, 1.82) is 0 Å². The third-order valence-corrected chi connectivity index (χ3v) is 8.06. The number of pyridine rings is 1. The van der Waals surface area contributed by atoms with E-state index in [1.807, 2.05) is 42.5 Å². The Morgan fingerprint density at radius 1 is 1.03 bits per heavy atom. The monoisotopic (exact) mass is 507 g/mol. The Hall–Kier alpha value is -4.27. The van der Waals surface area contributed by atoms with Crippen LogP contribution >= 0.6 is 0 Å². The van der Waals surface area contributed by atoms with Crippen molar-refractivity contribution in [2.75, 3.05) is 19.7 Å². The van der Waals surface area contributed by atoms with Gasteiger partial charge >= 0.3 is 6.09 Å². The molecule has 7 rings (SSSR count). The summed E-state index contributed by atoms with van der Waals surface area (Å²) in [5.74, 6) is 0.705. The number of fused-ring (bicyclic) bond motifs is 2.